The van der Waals surface area contributed by atoms with E-state index in [1.807, 2.05) is 10.8 Å². The highest BCUT2D eigenvalue weighted by molar-refractivity contribution is 5.76. The molecule has 5 heteroatoms. The van der Waals surface area contributed by atoms with Crippen LogP contribution >= 0.6 is 0 Å². The first kappa shape index (κ1) is 13.7. The number of hydrogen-bond donors (Lipinski definition) is 2. The van der Waals surface area contributed by atoms with Crippen LogP contribution in [0.3, 0.4) is 0 Å². The standard InChI is InChI=1S/C12H22N4O/c1-10(2)7-11(8-13)15-12(17)3-5-16-6-4-14-9-16/h4,6,9-11H,3,5,7-8,13H2,1-2H3,(H,15,17). The van der Waals surface area contributed by atoms with E-state index in [1.165, 1.54) is 0 Å². The maximum Gasteiger partial charge on any atom is 0.222 e. The highest BCUT2D eigenvalue weighted by atomic mass is 16.1. The first-order chi connectivity index (χ1) is 8.11. The van der Waals surface area contributed by atoms with Gasteiger partial charge in [-0.2, -0.15) is 0 Å². The van der Waals surface area contributed by atoms with Gasteiger partial charge in [0.2, 0.25) is 5.91 Å². The number of aromatic nitrogens is 2. The molecule has 0 saturated heterocycles. The molecule has 0 fully saturated rings. The topological polar surface area (TPSA) is 72.9 Å². The minimum Gasteiger partial charge on any atom is -0.352 e. The number of aryl methyl sites for hydroxylation is 1. The highest BCUT2D eigenvalue weighted by Gasteiger charge is 2.12. The molecule has 5 nitrogen and oxygen atoms in total. The number of nitrogens with zero attached hydrogens (tertiary/aromatic N) is 2. The molecule has 0 saturated carbocycles. The van der Waals surface area contributed by atoms with Crippen molar-refractivity contribution >= 4 is 5.91 Å². The maximum absolute atomic E-state index is 11.7. The van der Waals surface area contributed by atoms with E-state index in [2.05, 4.69) is 24.1 Å². The van der Waals surface area contributed by atoms with E-state index >= 15 is 0 Å². The quantitative estimate of drug-likeness (QED) is 0.736. The van der Waals surface area contributed by atoms with Crippen molar-refractivity contribution in [1.82, 2.24) is 14.9 Å². The fraction of sp³-hybridized carbons (Fsp3) is 0.667. The Morgan fingerprint density at radius 2 is 2.29 bits per heavy atom. The maximum atomic E-state index is 11.7. The van der Waals surface area contributed by atoms with E-state index in [1.54, 1.807) is 12.5 Å². The van der Waals surface area contributed by atoms with Crippen LogP contribution in [0.25, 0.3) is 0 Å². The van der Waals surface area contributed by atoms with Crippen LogP contribution in [0, 0.1) is 5.92 Å². The van der Waals surface area contributed by atoms with Gasteiger partial charge in [0, 0.05) is 37.9 Å². The molecule has 17 heavy (non-hydrogen) atoms. The molecule has 1 atom stereocenters. The Bertz CT molecular complexity index is 321. The number of nitrogens with one attached hydrogen (secondary N) is 1. The van der Waals surface area contributed by atoms with E-state index < -0.39 is 0 Å². The minimum absolute atomic E-state index is 0.0507. The van der Waals surface area contributed by atoms with Crippen molar-refractivity contribution in [2.24, 2.45) is 11.7 Å². The van der Waals surface area contributed by atoms with Crippen molar-refractivity contribution in [2.75, 3.05) is 6.54 Å². The van der Waals surface area contributed by atoms with Crippen LogP contribution in [0.2, 0.25) is 0 Å². The van der Waals surface area contributed by atoms with Crippen LogP contribution in [0.5, 0.6) is 0 Å². The predicted molar refractivity (Wildman–Crippen MR) is 67.3 cm³/mol. The zero-order valence-corrected chi connectivity index (χ0v) is 10.6. The Kier molecular flexibility index (Phi) is 5.69. The average molecular weight is 238 g/mol. The normalized spacial score (nSPS) is 12.7. The Morgan fingerprint density at radius 1 is 1.53 bits per heavy atom. The molecule has 0 aliphatic carbocycles. The van der Waals surface area contributed by atoms with Crippen molar-refractivity contribution in [3.63, 3.8) is 0 Å². The van der Waals surface area contributed by atoms with E-state index in [0.717, 1.165) is 6.42 Å². The lowest BCUT2D eigenvalue weighted by Gasteiger charge is -2.18. The van der Waals surface area contributed by atoms with Crippen molar-refractivity contribution in [3.05, 3.63) is 18.7 Å². The summed E-state index contributed by atoms with van der Waals surface area (Å²) in [5.41, 5.74) is 5.63. The summed E-state index contributed by atoms with van der Waals surface area (Å²) in [6.07, 6.45) is 6.65. The lowest BCUT2D eigenvalue weighted by Crippen LogP contribution is -2.41. The molecule has 1 aromatic rings. The summed E-state index contributed by atoms with van der Waals surface area (Å²) in [6, 6.07) is 0.0882. The molecule has 0 spiro atoms. The fourth-order valence-corrected chi connectivity index (χ4v) is 1.73. The molecule has 1 unspecified atom stereocenters. The van der Waals surface area contributed by atoms with Gasteiger partial charge in [-0.15, -0.1) is 0 Å². The van der Waals surface area contributed by atoms with Crippen LogP contribution in [0.4, 0.5) is 0 Å². The summed E-state index contributed by atoms with van der Waals surface area (Å²) in [6.45, 7) is 5.40. The van der Waals surface area contributed by atoms with Crippen LogP contribution in [0.15, 0.2) is 18.7 Å². The van der Waals surface area contributed by atoms with Crippen molar-refractivity contribution in [1.29, 1.82) is 0 Å². The number of rotatable bonds is 7. The second kappa shape index (κ2) is 7.06. The molecule has 1 rings (SSSR count). The summed E-state index contributed by atoms with van der Waals surface area (Å²) in [7, 11) is 0. The monoisotopic (exact) mass is 238 g/mol. The highest BCUT2D eigenvalue weighted by Crippen LogP contribution is 2.03. The molecule has 96 valence electrons. The molecule has 1 aromatic heterocycles. The third-order valence-corrected chi connectivity index (χ3v) is 2.56. The van der Waals surface area contributed by atoms with E-state index in [4.69, 9.17) is 5.73 Å². The third kappa shape index (κ3) is 5.49. The van der Waals surface area contributed by atoms with Crippen molar-refractivity contribution < 1.29 is 4.79 Å². The van der Waals surface area contributed by atoms with Gasteiger partial charge in [-0.25, -0.2) is 4.98 Å². The molecule has 0 bridgehead atoms. The summed E-state index contributed by atoms with van der Waals surface area (Å²) >= 11 is 0. The Morgan fingerprint density at radius 3 is 2.82 bits per heavy atom. The average Bonchev–Trinajstić information content (AvgIpc) is 2.77. The fourth-order valence-electron chi connectivity index (χ4n) is 1.73. The summed E-state index contributed by atoms with van der Waals surface area (Å²) < 4.78 is 1.89. The van der Waals surface area contributed by atoms with E-state index in [9.17, 15) is 4.79 Å². The zero-order valence-electron chi connectivity index (χ0n) is 10.6. The van der Waals surface area contributed by atoms with Gasteiger partial charge in [0.15, 0.2) is 0 Å². The van der Waals surface area contributed by atoms with Gasteiger partial charge in [-0.05, 0) is 12.3 Å². The molecular formula is C12H22N4O. The Balaban J connectivity index is 2.27. The Hall–Kier alpha value is -1.36. The number of nitrogens with two attached hydrogens (primary N) is 1. The number of carbonyl (C=O) groups excluding carboxylic acids is 1. The van der Waals surface area contributed by atoms with Crippen molar-refractivity contribution in [2.45, 2.75) is 39.3 Å². The van der Waals surface area contributed by atoms with Crippen LogP contribution in [-0.2, 0) is 11.3 Å². The number of hydrogen-bond acceptors (Lipinski definition) is 3. The summed E-state index contributed by atoms with van der Waals surface area (Å²) in [5.74, 6) is 0.590. The lowest BCUT2D eigenvalue weighted by atomic mass is 10.0. The van der Waals surface area contributed by atoms with Gasteiger partial charge in [-0.1, -0.05) is 13.8 Å². The van der Waals surface area contributed by atoms with Crippen LogP contribution < -0.4 is 11.1 Å². The van der Waals surface area contributed by atoms with Crippen LogP contribution in [-0.4, -0.2) is 28.0 Å². The first-order valence-corrected chi connectivity index (χ1v) is 6.07. The SMILES string of the molecule is CC(C)CC(CN)NC(=O)CCn1ccnc1. The lowest BCUT2D eigenvalue weighted by molar-refractivity contribution is -0.122. The third-order valence-electron chi connectivity index (χ3n) is 2.56. The van der Waals surface area contributed by atoms with Gasteiger partial charge in [0.1, 0.15) is 0 Å². The smallest absolute Gasteiger partial charge is 0.222 e. The van der Waals surface area contributed by atoms with E-state index in [-0.39, 0.29) is 11.9 Å². The molecule has 0 aromatic carbocycles. The zero-order chi connectivity index (χ0) is 12.7. The second-order valence-corrected chi connectivity index (χ2v) is 4.68. The number of imidazole rings is 1. The van der Waals surface area contributed by atoms with Crippen LogP contribution in [0.1, 0.15) is 26.7 Å². The van der Waals surface area contributed by atoms with Gasteiger partial charge in [-0.3, -0.25) is 4.79 Å². The summed E-state index contributed by atoms with van der Waals surface area (Å²) in [4.78, 5) is 15.6. The van der Waals surface area contributed by atoms with Gasteiger partial charge in [0.05, 0.1) is 6.33 Å². The van der Waals surface area contributed by atoms with Gasteiger partial charge < -0.3 is 15.6 Å². The molecule has 0 aliphatic rings. The second-order valence-electron chi connectivity index (χ2n) is 4.68. The largest absolute Gasteiger partial charge is 0.352 e. The molecule has 1 amide bonds. The number of amides is 1. The summed E-state index contributed by atoms with van der Waals surface area (Å²) in [5, 5.41) is 2.96. The first-order valence-electron chi connectivity index (χ1n) is 6.07. The Labute approximate surface area is 102 Å². The predicted octanol–water partition coefficient (Wildman–Crippen LogP) is 0.763. The van der Waals surface area contributed by atoms with Gasteiger partial charge >= 0.3 is 0 Å². The van der Waals surface area contributed by atoms with Crippen molar-refractivity contribution in [3.8, 4) is 0 Å². The molecule has 0 aliphatic heterocycles. The minimum atomic E-state index is 0.0507. The molecule has 0 radical (unpaired) electrons. The molecular weight excluding hydrogens is 216 g/mol. The van der Waals surface area contributed by atoms with Gasteiger partial charge in [0.25, 0.3) is 0 Å². The van der Waals surface area contributed by atoms with E-state index in [0.29, 0.717) is 25.4 Å². The number of carbonyl (C=O) groups is 1. The molecule has 1 heterocycles. The molecule has 3 N–H and O–H groups in total.